The summed E-state index contributed by atoms with van der Waals surface area (Å²) < 4.78 is 5.32. The zero-order valence-electron chi connectivity index (χ0n) is 14.9. The highest BCUT2D eigenvalue weighted by atomic mass is 16.5. The Balaban J connectivity index is 1.70. The zero-order valence-corrected chi connectivity index (χ0v) is 14.9. The van der Waals surface area contributed by atoms with Gasteiger partial charge in [-0.1, -0.05) is 36.4 Å². The van der Waals surface area contributed by atoms with E-state index in [1.807, 2.05) is 30.3 Å². The molecule has 1 aliphatic rings. The largest absolute Gasteiger partial charge is 0.497 e. The number of aromatic nitrogens is 2. The number of hydrogen-bond donors (Lipinski definition) is 1. The van der Waals surface area contributed by atoms with E-state index in [2.05, 4.69) is 39.1 Å². The van der Waals surface area contributed by atoms with E-state index < -0.39 is 0 Å². The monoisotopic (exact) mass is 346 g/mol. The Labute approximate surface area is 153 Å². The summed E-state index contributed by atoms with van der Waals surface area (Å²) in [5.41, 5.74) is 10.6. The summed E-state index contributed by atoms with van der Waals surface area (Å²) >= 11 is 0. The molecule has 0 aliphatic carbocycles. The fourth-order valence-corrected chi connectivity index (χ4v) is 3.44. The van der Waals surface area contributed by atoms with Crippen molar-refractivity contribution in [2.24, 2.45) is 0 Å². The molecular formula is C21H22N4O. The molecule has 0 atom stereocenters. The third-order valence-corrected chi connectivity index (χ3v) is 4.77. The number of hydrogen-bond acceptors (Lipinski definition) is 5. The first-order valence-corrected chi connectivity index (χ1v) is 8.83. The van der Waals surface area contributed by atoms with Gasteiger partial charge in [-0.25, -0.2) is 4.98 Å². The molecule has 0 fully saturated rings. The molecule has 2 aromatic carbocycles. The van der Waals surface area contributed by atoms with Gasteiger partial charge in [0.1, 0.15) is 11.6 Å². The zero-order chi connectivity index (χ0) is 17.9. The fraction of sp³-hybridized carbons (Fsp3) is 0.238. The number of nitrogen functional groups attached to an aromatic ring is 1. The summed E-state index contributed by atoms with van der Waals surface area (Å²) in [6, 6.07) is 18.5. The number of ether oxygens (including phenoxy) is 1. The first-order chi connectivity index (χ1) is 12.7. The number of nitrogens with zero attached hydrogens (tertiary/aromatic N) is 3. The van der Waals surface area contributed by atoms with Crippen LogP contribution in [-0.2, 0) is 13.0 Å². The van der Waals surface area contributed by atoms with Gasteiger partial charge in [0.15, 0.2) is 0 Å². The highest BCUT2D eigenvalue weighted by Gasteiger charge is 2.17. The molecule has 3 aromatic rings. The molecule has 0 bridgehead atoms. The van der Waals surface area contributed by atoms with Gasteiger partial charge >= 0.3 is 0 Å². The summed E-state index contributed by atoms with van der Waals surface area (Å²) in [4.78, 5) is 11.2. The lowest BCUT2D eigenvalue weighted by Crippen LogP contribution is -2.24. The molecule has 2 heterocycles. The van der Waals surface area contributed by atoms with Gasteiger partial charge in [0.2, 0.25) is 5.95 Å². The minimum absolute atomic E-state index is 0.290. The smallest absolute Gasteiger partial charge is 0.222 e. The summed E-state index contributed by atoms with van der Waals surface area (Å²) in [7, 11) is 1.66. The van der Waals surface area contributed by atoms with Gasteiger partial charge in [-0.05, 0) is 36.1 Å². The summed E-state index contributed by atoms with van der Waals surface area (Å²) in [6.45, 7) is 1.78. The van der Waals surface area contributed by atoms with Gasteiger partial charge in [-0.15, -0.1) is 0 Å². The van der Waals surface area contributed by atoms with Crippen LogP contribution in [0.3, 0.4) is 0 Å². The van der Waals surface area contributed by atoms with E-state index in [0.29, 0.717) is 0 Å². The second kappa shape index (κ2) is 7.04. The van der Waals surface area contributed by atoms with E-state index in [4.69, 9.17) is 10.5 Å². The lowest BCUT2D eigenvalue weighted by molar-refractivity contribution is 0.415. The van der Waals surface area contributed by atoms with Crippen LogP contribution in [0.4, 0.5) is 11.8 Å². The van der Waals surface area contributed by atoms with E-state index in [9.17, 15) is 0 Å². The third-order valence-electron chi connectivity index (χ3n) is 4.77. The SMILES string of the molecule is COc1cccc(-c2cc(N3CCCc4ccccc4C3)nc(N)n2)c1. The van der Waals surface area contributed by atoms with Crippen molar-refractivity contribution in [2.75, 3.05) is 24.3 Å². The van der Waals surface area contributed by atoms with E-state index in [-0.39, 0.29) is 5.95 Å². The van der Waals surface area contributed by atoms with Crippen LogP contribution in [0.25, 0.3) is 11.3 Å². The average molecular weight is 346 g/mol. The van der Waals surface area contributed by atoms with Gasteiger partial charge < -0.3 is 15.4 Å². The number of rotatable bonds is 3. The van der Waals surface area contributed by atoms with E-state index in [1.165, 1.54) is 11.1 Å². The van der Waals surface area contributed by atoms with Crippen molar-refractivity contribution in [3.05, 3.63) is 65.7 Å². The van der Waals surface area contributed by atoms with E-state index >= 15 is 0 Å². The van der Waals surface area contributed by atoms with Gasteiger partial charge in [0.25, 0.3) is 0 Å². The van der Waals surface area contributed by atoms with Crippen molar-refractivity contribution in [3.63, 3.8) is 0 Å². The van der Waals surface area contributed by atoms with Crippen LogP contribution >= 0.6 is 0 Å². The minimum Gasteiger partial charge on any atom is -0.497 e. The van der Waals surface area contributed by atoms with Crippen LogP contribution in [0, 0.1) is 0 Å². The third kappa shape index (κ3) is 3.33. The summed E-state index contributed by atoms with van der Waals surface area (Å²) in [6.07, 6.45) is 2.19. The van der Waals surface area contributed by atoms with E-state index in [1.54, 1.807) is 7.11 Å². The highest BCUT2D eigenvalue weighted by Crippen LogP contribution is 2.28. The van der Waals surface area contributed by atoms with Crippen LogP contribution < -0.4 is 15.4 Å². The minimum atomic E-state index is 0.290. The summed E-state index contributed by atoms with van der Waals surface area (Å²) in [5.74, 6) is 1.95. The molecular weight excluding hydrogens is 324 g/mol. The first kappa shape index (κ1) is 16.4. The Kier molecular flexibility index (Phi) is 4.44. The van der Waals surface area contributed by atoms with E-state index in [0.717, 1.165) is 48.8 Å². The molecule has 1 aromatic heterocycles. The van der Waals surface area contributed by atoms with Gasteiger partial charge in [-0.2, -0.15) is 4.98 Å². The Morgan fingerprint density at radius 2 is 1.85 bits per heavy atom. The fourth-order valence-electron chi connectivity index (χ4n) is 3.44. The number of fused-ring (bicyclic) bond motifs is 1. The lowest BCUT2D eigenvalue weighted by atomic mass is 10.0. The molecule has 0 saturated carbocycles. The maximum atomic E-state index is 6.03. The van der Waals surface area contributed by atoms with Crippen LogP contribution in [0.2, 0.25) is 0 Å². The second-order valence-corrected chi connectivity index (χ2v) is 6.50. The van der Waals surface area contributed by atoms with Gasteiger partial charge in [0.05, 0.1) is 12.8 Å². The molecule has 4 rings (SSSR count). The van der Waals surface area contributed by atoms with Crippen LogP contribution in [-0.4, -0.2) is 23.6 Å². The Bertz CT molecular complexity index is 925. The predicted molar refractivity (Wildman–Crippen MR) is 104 cm³/mol. The van der Waals surface area contributed by atoms with Crippen molar-refractivity contribution in [3.8, 4) is 17.0 Å². The molecule has 1 aliphatic heterocycles. The van der Waals surface area contributed by atoms with Crippen molar-refractivity contribution >= 4 is 11.8 Å². The molecule has 26 heavy (non-hydrogen) atoms. The van der Waals surface area contributed by atoms with Crippen LogP contribution in [0.5, 0.6) is 5.75 Å². The molecule has 0 amide bonds. The topological polar surface area (TPSA) is 64.3 Å². The maximum Gasteiger partial charge on any atom is 0.222 e. The van der Waals surface area contributed by atoms with Crippen LogP contribution in [0.15, 0.2) is 54.6 Å². The molecule has 0 spiro atoms. The Morgan fingerprint density at radius 1 is 1.00 bits per heavy atom. The molecule has 0 radical (unpaired) electrons. The highest BCUT2D eigenvalue weighted by molar-refractivity contribution is 5.66. The number of aryl methyl sites for hydroxylation is 1. The quantitative estimate of drug-likeness (QED) is 0.783. The number of methoxy groups -OCH3 is 1. The normalized spacial score (nSPS) is 13.8. The van der Waals surface area contributed by atoms with Crippen molar-refractivity contribution in [1.29, 1.82) is 0 Å². The second-order valence-electron chi connectivity index (χ2n) is 6.50. The Hall–Kier alpha value is -3.08. The number of anilines is 2. The van der Waals surface area contributed by atoms with Crippen molar-refractivity contribution in [2.45, 2.75) is 19.4 Å². The molecule has 0 unspecified atom stereocenters. The number of nitrogens with two attached hydrogens (primary N) is 1. The molecule has 5 heteroatoms. The predicted octanol–water partition coefficient (Wildman–Crippen LogP) is 3.69. The van der Waals surface area contributed by atoms with Crippen LogP contribution in [0.1, 0.15) is 17.5 Å². The van der Waals surface area contributed by atoms with Gasteiger partial charge in [-0.3, -0.25) is 0 Å². The van der Waals surface area contributed by atoms with Crippen molar-refractivity contribution in [1.82, 2.24) is 9.97 Å². The molecule has 132 valence electrons. The standard InChI is InChI=1S/C21H22N4O/c1-26-18-10-4-8-16(12-18)19-13-20(24-21(22)23-19)25-11-5-9-15-6-2-3-7-17(15)14-25/h2-4,6-8,10,12-13H,5,9,11,14H2,1H3,(H2,22,23,24). The Morgan fingerprint density at radius 3 is 2.69 bits per heavy atom. The lowest BCUT2D eigenvalue weighted by Gasteiger charge is -2.22. The average Bonchev–Trinajstić information content (AvgIpc) is 2.90. The summed E-state index contributed by atoms with van der Waals surface area (Å²) in [5, 5.41) is 0. The molecule has 0 saturated heterocycles. The molecule has 5 nitrogen and oxygen atoms in total. The molecule has 2 N–H and O–H groups in total. The van der Waals surface area contributed by atoms with Gasteiger partial charge in [0, 0.05) is 24.7 Å². The first-order valence-electron chi connectivity index (χ1n) is 8.83. The number of benzene rings is 2. The van der Waals surface area contributed by atoms with Crippen molar-refractivity contribution < 1.29 is 4.74 Å². The maximum absolute atomic E-state index is 6.03.